The Kier molecular flexibility index (Phi) is 6.27. The van der Waals surface area contributed by atoms with Crippen molar-refractivity contribution in [1.29, 1.82) is 5.26 Å². The largest absolute Gasteiger partial charge is 0.368 e. The summed E-state index contributed by atoms with van der Waals surface area (Å²) >= 11 is 0. The van der Waals surface area contributed by atoms with Gasteiger partial charge in [0.15, 0.2) is 0 Å². The maximum Gasteiger partial charge on any atom is 0.149 e. The lowest BCUT2D eigenvalue weighted by Crippen LogP contribution is -2.31. The first-order chi connectivity index (χ1) is 16.9. The highest BCUT2D eigenvalue weighted by molar-refractivity contribution is 5.81. The fourth-order valence-corrected chi connectivity index (χ4v) is 4.99. The van der Waals surface area contributed by atoms with Crippen LogP contribution in [-0.4, -0.2) is 32.1 Å². The Morgan fingerprint density at radius 1 is 1.20 bits per heavy atom. The Balaban J connectivity index is 1.52. The number of nitriles is 1. The fraction of sp³-hybridized carbons (Fsp3) is 0.370. The van der Waals surface area contributed by atoms with Gasteiger partial charge >= 0.3 is 0 Å². The number of rotatable bonds is 6. The third-order valence-corrected chi connectivity index (χ3v) is 6.80. The molecular weight excluding hydrogens is 441 g/mol. The Labute approximate surface area is 204 Å². The Bertz CT molecular complexity index is 1390. The topological polar surface area (TPSA) is 97.5 Å². The molecule has 1 aliphatic carbocycles. The maximum absolute atomic E-state index is 14.5. The average molecular weight is 472 g/mol. The van der Waals surface area contributed by atoms with Crippen molar-refractivity contribution in [2.45, 2.75) is 51.6 Å². The SMILES string of the molecule is CC(C)n1ncc2cc(-n3nc(NCC4CCC[C@@H](N)C4)cc3-c3ccc(C#N)c(F)c3)ccc21. The predicted octanol–water partition coefficient (Wildman–Crippen LogP) is 5.41. The lowest BCUT2D eigenvalue weighted by molar-refractivity contribution is 0.335. The van der Waals surface area contributed by atoms with Crippen molar-refractivity contribution in [3.63, 3.8) is 0 Å². The molecule has 1 saturated carbocycles. The van der Waals surface area contributed by atoms with Gasteiger partial charge in [0.1, 0.15) is 17.7 Å². The van der Waals surface area contributed by atoms with E-state index in [2.05, 4.69) is 24.3 Å². The zero-order valence-electron chi connectivity index (χ0n) is 20.1. The number of anilines is 1. The van der Waals surface area contributed by atoms with Crippen LogP contribution >= 0.6 is 0 Å². The number of nitrogens with one attached hydrogen (secondary N) is 1. The molecule has 7 nitrogen and oxygen atoms in total. The van der Waals surface area contributed by atoms with E-state index >= 15 is 0 Å². The summed E-state index contributed by atoms with van der Waals surface area (Å²) in [6.07, 6.45) is 6.27. The van der Waals surface area contributed by atoms with Crippen LogP contribution in [0.5, 0.6) is 0 Å². The molecule has 1 fully saturated rings. The standard InChI is InChI=1S/C27H30FN7/c1-17(2)34-25-9-8-23(11-21(25)16-32-34)35-26(19-6-7-20(14-29)24(28)12-19)13-27(33-35)31-15-18-4-3-5-22(30)10-18/h6-9,11-13,16-18,22H,3-5,10,15,30H2,1-2H3,(H,31,33)/t18?,22-/m1/s1. The van der Waals surface area contributed by atoms with Crippen LogP contribution in [0.25, 0.3) is 27.8 Å². The fourth-order valence-electron chi connectivity index (χ4n) is 4.99. The number of hydrogen-bond acceptors (Lipinski definition) is 5. The van der Waals surface area contributed by atoms with Crippen molar-refractivity contribution >= 4 is 16.7 Å². The van der Waals surface area contributed by atoms with Gasteiger partial charge in [-0.3, -0.25) is 4.68 Å². The second-order valence-electron chi connectivity index (χ2n) is 9.73. The third-order valence-electron chi connectivity index (χ3n) is 6.80. The van der Waals surface area contributed by atoms with Crippen molar-refractivity contribution in [3.8, 4) is 23.0 Å². The number of benzene rings is 2. The van der Waals surface area contributed by atoms with E-state index in [1.807, 2.05) is 45.9 Å². The Morgan fingerprint density at radius 2 is 2.06 bits per heavy atom. The molecule has 0 bridgehead atoms. The van der Waals surface area contributed by atoms with Gasteiger partial charge in [-0.2, -0.15) is 10.4 Å². The second-order valence-corrected chi connectivity index (χ2v) is 9.73. The molecule has 2 heterocycles. The number of halogens is 1. The zero-order chi connectivity index (χ0) is 24.5. The number of hydrogen-bond donors (Lipinski definition) is 2. The quantitative estimate of drug-likeness (QED) is 0.392. The normalized spacial score (nSPS) is 18.2. The first-order valence-corrected chi connectivity index (χ1v) is 12.2. The summed E-state index contributed by atoms with van der Waals surface area (Å²) < 4.78 is 18.3. The Hall–Kier alpha value is -3.70. The van der Waals surface area contributed by atoms with Gasteiger partial charge in [-0.1, -0.05) is 12.5 Å². The molecule has 3 N–H and O–H groups in total. The van der Waals surface area contributed by atoms with E-state index in [1.165, 1.54) is 12.1 Å². The van der Waals surface area contributed by atoms with Gasteiger partial charge in [0.05, 0.1) is 28.7 Å². The summed E-state index contributed by atoms with van der Waals surface area (Å²) in [7, 11) is 0. The molecule has 2 aromatic heterocycles. The van der Waals surface area contributed by atoms with Gasteiger partial charge in [0.2, 0.25) is 0 Å². The molecule has 0 saturated heterocycles. The van der Waals surface area contributed by atoms with Crippen molar-refractivity contribution in [1.82, 2.24) is 19.6 Å². The summed E-state index contributed by atoms with van der Waals surface area (Å²) in [6.45, 7) is 5.00. The van der Waals surface area contributed by atoms with Crippen LogP contribution < -0.4 is 11.1 Å². The van der Waals surface area contributed by atoms with Gasteiger partial charge in [0.25, 0.3) is 0 Å². The molecule has 8 heteroatoms. The molecule has 2 aromatic carbocycles. The highest BCUT2D eigenvalue weighted by atomic mass is 19.1. The van der Waals surface area contributed by atoms with Crippen LogP contribution in [0.3, 0.4) is 0 Å². The van der Waals surface area contributed by atoms with Gasteiger partial charge in [-0.05, 0) is 69.4 Å². The minimum atomic E-state index is -0.544. The number of aromatic nitrogens is 4. The number of fused-ring (bicyclic) bond motifs is 1. The molecule has 1 unspecified atom stereocenters. The van der Waals surface area contributed by atoms with E-state index in [-0.39, 0.29) is 17.6 Å². The molecule has 1 aliphatic rings. The maximum atomic E-state index is 14.5. The summed E-state index contributed by atoms with van der Waals surface area (Å²) in [5.41, 5.74) is 9.49. The number of nitrogens with two attached hydrogens (primary N) is 1. The van der Waals surface area contributed by atoms with E-state index in [0.717, 1.165) is 60.3 Å². The van der Waals surface area contributed by atoms with Crippen LogP contribution in [0.1, 0.15) is 51.1 Å². The van der Waals surface area contributed by atoms with Crippen LogP contribution in [0.15, 0.2) is 48.7 Å². The molecule has 5 rings (SSSR count). The van der Waals surface area contributed by atoms with Crippen LogP contribution in [0.2, 0.25) is 0 Å². The van der Waals surface area contributed by atoms with E-state index in [1.54, 1.807) is 6.07 Å². The highest BCUT2D eigenvalue weighted by Gasteiger charge is 2.20. The van der Waals surface area contributed by atoms with Crippen molar-refractivity contribution in [3.05, 3.63) is 60.0 Å². The minimum absolute atomic E-state index is 0.0225. The van der Waals surface area contributed by atoms with E-state index in [0.29, 0.717) is 11.5 Å². The summed E-state index contributed by atoms with van der Waals surface area (Å²) in [6, 6.07) is 15.1. The molecule has 4 aromatic rings. The zero-order valence-corrected chi connectivity index (χ0v) is 20.1. The van der Waals surface area contributed by atoms with E-state index in [4.69, 9.17) is 16.1 Å². The van der Waals surface area contributed by atoms with Gasteiger partial charge < -0.3 is 11.1 Å². The molecule has 0 radical (unpaired) electrons. The lowest BCUT2D eigenvalue weighted by Gasteiger charge is -2.26. The Morgan fingerprint density at radius 3 is 2.80 bits per heavy atom. The third kappa shape index (κ3) is 4.64. The van der Waals surface area contributed by atoms with Crippen LogP contribution in [-0.2, 0) is 0 Å². The second kappa shape index (κ2) is 9.51. The molecular formula is C27H30FN7. The smallest absolute Gasteiger partial charge is 0.149 e. The van der Waals surface area contributed by atoms with Gasteiger partial charge in [-0.15, -0.1) is 5.10 Å². The summed E-state index contributed by atoms with van der Waals surface area (Å²) in [5.74, 6) is 0.692. The predicted molar refractivity (Wildman–Crippen MR) is 136 cm³/mol. The summed E-state index contributed by atoms with van der Waals surface area (Å²) in [4.78, 5) is 0. The van der Waals surface area contributed by atoms with E-state index in [9.17, 15) is 4.39 Å². The van der Waals surface area contributed by atoms with E-state index < -0.39 is 5.82 Å². The van der Waals surface area contributed by atoms with Crippen molar-refractivity contribution in [2.75, 3.05) is 11.9 Å². The molecule has 180 valence electrons. The van der Waals surface area contributed by atoms with Crippen molar-refractivity contribution < 1.29 is 4.39 Å². The van der Waals surface area contributed by atoms with Crippen molar-refractivity contribution in [2.24, 2.45) is 11.7 Å². The van der Waals surface area contributed by atoms with Crippen LogP contribution in [0.4, 0.5) is 10.2 Å². The minimum Gasteiger partial charge on any atom is -0.368 e. The molecule has 0 aliphatic heterocycles. The highest BCUT2D eigenvalue weighted by Crippen LogP contribution is 2.30. The summed E-state index contributed by atoms with van der Waals surface area (Å²) in [5, 5.41) is 23.0. The average Bonchev–Trinajstić information content (AvgIpc) is 3.47. The molecule has 2 atom stereocenters. The first kappa shape index (κ1) is 23.1. The van der Waals surface area contributed by atoms with Gasteiger partial charge in [-0.25, -0.2) is 9.07 Å². The lowest BCUT2D eigenvalue weighted by atomic mass is 9.86. The molecule has 0 spiro atoms. The molecule has 35 heavy (non-hydrogen) atoms. The monoisotopic (exact) mass is 471 g/mol. The molecule has 0 amide bonds. The number of nitrogens with zero attached hydrogens (tertiary/aromatic N) is 5. The van der Waals surface area contributed by atoms with Crippen LogP contribution in [0, 0.1) is 23.1 Å². The van der Waals surface area contributed by atoms with Gasteiger partial charge in [0, 0.05) is 35.6 Å². The first-order valence-electron chi connectivity index (χ1n) is 12.2.